The summed E-state index contributed by atoms with van der Waals surface area (Å²) in [6, 6.07) is 11.3. The molecule has 6 heteroatoms. The molecule has 0 fully saturated rings. The van der Waals surface area contributed by atoms with Crippen LogP contribution in [0.2, 0.25) is 0 Å². The van der Waals surface area contributed by atoms with Crippen LogP contribution in [0.25, 0.3) is 0 Å². The van der Waals surface area contributed by atoms with Crippen molar-refractivity contribution in [1.29, 1.82) is 0 Å². The number of rotatable bonds is 3. The number of aromatic nitrogens is 1. The molecule has 2 rings (SSSR count). The van der Waals surface area contributed by atoms with Gasteiger partial charge in [-0.1, -0.05) is 18.2 Å². The van der Waals surface area contributed by atoms with Crippen molar-refractivity contribution in [2.75, 3.05) is 10.5 Å². The molecule has 2 aromatic rings. The van der Waals surface area contributed by atoms with Gasteiger partial charge in [0.1, 0.15) is 5.82 Å². The summed E-state index contributed by atoms with van der Waals surface area (Å²) < 4.78 is 26.4. The number of nitrogens with one attached hydrogen (secondary N) is 1. The highest BCUT2D eigenvalue weighted by Crippen LogP contribution is 2.16. The van der Waals surface area contributed by atoms with Crippen LogP contribution in [0.3, 0.4) is 0 Å². The summed E-state index contributed by atoms with van der Waals surface area (Å²) >= 11 is 0. The Kier molecular flexibility index (Phi) is 2.97. The highest BCUT2D eigenvalue weighted by Gasteiger charge is 2.14. The van der Waals surface area contributed by atoms with Gasteiger partial charge in [0.15, 0.2) is 0 Å². The Labute approximate surface area is 99.4 Å². The van der Waals surface area contributed by atoms with E-state index in [1.165, 1.54) is 18.3 Å². The molecule has 0 saturated carbocycles. The van der Waals surface area contributed by atoms with Gasteiger partial charge in [0.05, 0.1) is 4.90 Å². The molecule has 0 saturated heterocycles. The molecular formula is C11H11N3O2S. The third kappa shape index (κ3) is 2.73. The van der Waals surface area contributed by atoms with Gasteiger partial charge >= 0.3 is 0 Å². The average Bonchev–Trinajstić information content (AvgIpc) is 2.30. The van der Waals surface area contributed by atoms with Crippen molar-refractivity contribution >= 4 is 21.5 Å². The summed E-state index contributed by atoms with van der Waals surface area (Å²) in [5.41, 5.74) is 5.95. The van der Waals surface area contributed by atoms with Gasteiger partial charge in [-0.3, -0.25) is 4.72 Å². The van der Waals surface area contributed by atoms with Crippen molar-refractivity contribution in [2.24, 2.45) is 0 Å². The van der Waals surface area contributed by atoms with Crippen LogP contribution in [0, 0.1) is 0 Å². The molecule has 0 unspecified atom stereocenters. The lowest BCUT2D eigenvalue weighted by Gasteiger charge is -2.07. The number of para-hydroxylation sites is 1. The second-order valence-electron chi connectivity index (χ2n) is 3.39. The first-order valence-corrected chi connectivity index (χ1v) is 6.36. The van der Waals surface area contributed by atoms with Crippen molar-refractivity contribution in [3.05, 3.63) is 48.7 Å². The van der Waals surface area contributed by atoms with Crippen LogP contribution in [-0.4, -0.2) is 13.4 Å². The van der Waals surface area contributed by atoms with Gasteiger partial charge in [-0.05, 0) is 18.2 Å². The molecule has 0 amide bonds. The SMILES string of the molecule is Nc1cc(S(=O)(=O)Nc2ccccc2)ccn1. The molecule has 0 spiro atoms. The summed E-state index contributed by atoms with van der Waals surface area (Å²) in [6.07, 6.45) is 1.36. The molecule has 3 N–H and O–H groups in total. The van der Waals surface area contributed by atoms with Crippen molar-refractivity contribution in [2.45, 2.75) is 4.90 Å². The van der Waals surface area contributed by atoms with Gasteiger partial charge in [-0.25, -0.2) is 13.4 Å². The van der Waals surface area contributed by atoms with E-state index < -0.39 is 10.0 Å². The third-order valence-corrected chi connectivity index (χ3v) is 3.47. The van der Waals surface area contributed by atoms with E-state index >= 15 is 0 Å². The first kappa shape index (κ1) is 11.4. The fourth-order valence-electron chi connectivity index (χ4n) is 1.32. The molecule has 0 bridgehead atoms. The molecule has 88 valence electrons. The predicted octanol–water partition coefficient (Wildman–Crippen LogP) is 1.46. The zero-order valence-electron chi connectivity index (χ0n) is 8.87. The highest BCUT2D eigenvalue weighted by atomic mass is 32.2. The zero-order chi connectivity index (χ0) is 12.3. The normalized spacial score (nSPS) is 11.1. The van der Waals surface area contributed by atoms with E-state index in [4.69, 9.17) is 5.73 Å². The molecule has 0 aliphatic rings. The van der Waals surface area contributed by atoms with E-state index in [0.717, 1.165) is 0 Å². The molecular weight excluding hydrogens is 238 g/mol. The van der Waals surface area contributed by atoms with Crippen LogP contribution in [0.15, 0.2) is 53.6 Å². The Morgan fingerprint density at radius 1 is 1.12 bits per heavy atom. The van der Waals surface area contributed by atoms with Gasteiger partial charge in [0.25, 0.3) is 10.0 Å². The first-order chi connectivity index (χ1) is 8.08. The molecule has 1 aromatic carbocycles. The topological polar surface area (TPSA) is 85.1 Å². The van der Waals surface area contributed by atoms with Crippen LogP contribution in [0.1, 0.15) is 0 Å². The predicted molar refractivity (Wildman–Crippen MR) is 65.9 cm³/mol. The fraction of sp³-hybridized carbons (Fsp3) is 0. The molecule has 5 nitrogen and oxygen atoms in total. The Morgan fingerprint density at radius 3 is 2.47 bits per heavy atom. The van der Waals surface area contributed by atoms with Gasteiger partial charge in [-0.15, -0.1) is 0 Å². The van der Waals surface area contributed by atoms with Crippen molar-refractivity contribution in [1.82, 2.24) is 4.98 Å². The number of nitrogens with zero attached hydrogens (tertiary/aromatic N) is 1. The largest absolute Gasteiger partial charge is 0.384 e. The monoisotopic (exact) mass is 249 g/mol. The Bertz CT molecular complexity index is 612. The Hall–Kier alpha value is -2.08. The molecule has 1 aromatic heterocycles. The summed E-state index contributed by atoms with van der Waals surface area (Å²) in [5.74, 6) is 0.168. The number of hydrogen-bond acceptors (Lipinski definition) is 4. The lowest BCUT2D eigenvalue weighted by atomic mass is 10.3. The lowest BCUT2D eigenvalue weighted by Crippen LogP contribution is -2.13. The minimum absolute atomic E-state index is 0.0915. The smallest absolute Gasteiger partial charge is 0.262 e. The van der Waals surface area contributed by atoms with E-state index in [1.54, 1.807) is 24.3 Å². The van der Waals surface area contributed by atoms with Crippen molar-refractivity contribution in [3.63, 3.8) is 0 Å². The number of hydrogen-bond donors (Lipinski definition) is 2. The number of benzene rings is 1. The number of nitrogens with two attached hydrogens (primary N) is 1. The quantitative estimate of drug-likeness (QED) is 0.862. The third-order valence-electron chi connectivity index (χ3n) is 2.09. The molecule has 0 aliphatic heterocycles. The Morgan fingerprint density at radius 2 is 1.82 bits per heavy atom. The zero-order valence-corrected chi connectivity index (χ0v) is 9.68. The second-order valence-corrected chi connectivity index (χ2v) is 5.07. The fourth-order valence-corrected chi connectivity index (χ4v) is 2.40. The standard InChI is InChI=1S/C11H11N3O2S/c12-11-8-10(6-7-13-11)17(15,16)14-9-4-2-1-3-5-9/h1-8,14H,(H2,12,13). The average molecular weight is 249 g/mol. The number of sulfonamides is 1. The van der Waals surface area contributed by atoms with E-state index in [9.17, 15) is 8.42 Å². The summed E-state index contributed by atoms with van der Waals surface area (Å²) in [6.45, 7) is 0. The van der Waals surface area contributed by atoms with Gasteiger partial charge in [-0.2, -0.15) is 0 Å². The van der Waals surface area contributed by atoms with Crippen LogP contribution in [0.5, 0.6) is 0 Å². The van der Waals surface area contributed by atoms with Gasteiger partial charge in [0, 0.05) is 18.0 Å². The summed E-state index contributed by atoms with van der Waals surface area (Å²) in [4.78, 5) is 3.84. The van der Waals surface area contributed by atoms with Crippen LogP contribution in [-0.2, 0) is 10.0 Å². The maximum atomic E-state index is 12.0. The molecule has 0 aliphatic carbocycles. The molecule has 0 atom stereocenters. The van der Waals surface area contributed by atoms with Crippen LogP contribution >= 0.6 is 0 Å². The van der Waals surface area contributed by atoms with E-state index in [2.05, 4.69) is 9.71 Å². The summed E-state index contributed by atoms with van der Waals surface area (Å²) in [5, 5.41) is 0. The lowest BCUT2D eigenvalue weighted by molar-refractivity contribution is 0.601. The summed E-state index contributed by atoms with van der Waals surface area (Å²) in [7, 11) is -3.61. The second kappa shape index (κ2) is 4.42. The van der Waals surface area contributed by atoms with Crippen molar-refractivity contribution < 1.29 is 8.42 Å². The first-order valence-electron chi connectivity index (χ1n) is 4.87. The maximum absolute atomic E-state index is 12.0. The molecule has 1 heterocycles. The minimum atomic E-state index is -3.61. The highest BCUT2D eigenvalue weighted by molar-refractivity contribution is 7.92. The molecule has 17 heavy (non-hydrogen) atoms. The number of nitrogen functional groups attached to an aromatic ring is 1. The van der Waals surface area contributed by atoms with E-state index in [-0.39, 0.29) is 10.7 Å². The van der Waals surface area contributed by atoms with Crippen LogP contribution < -0.4 is 10.5 Å². The maximum Gasteiger partial charge on any atom is 0.262 e. The van der Waals surface area contributed by atoms with Crippen LogP contribution in [0.4, 0.5) is 11.5 Å². The van der Waals surface area contributed by atoms with E-state index in [1.807, 2.05) is 6.07 Å². The van der Waals surface area contributed by atoms with Gasteiger partial charge < -0.3 is 5.73 Å². The number of anilines is 2. The van der Waals surface area contributed by atoms with E-state index in [0.29, 0.717) is 5.69 Å². The van der Waals surface area contributed by atoms with Gasteiger partial charge in [0.2, 0.25) is 0 Å². The molecule has 0 radical (unpaired) electrons. The Balaban J connectivity index is 2.32. The number of pyridine rings is 1. The van der Waals surface area contributed by atoms with Crippen molar-refractivity contribution in [3.8, 4) is 0 Å². The minimum Gasteiger partial charge on any atom is -0.384 e.